The SMILES string of the molecule is CC(=O)N/N=C\c1cccs1. The Morgan fingerprint density at radius 2 is 2.64 bits per heavy atom. The first-order chi connectivity index (χ1) is 5.29. The van der Waals surface area contributed by atoms with E-state index in [1.165, 1.54) is 6.92 Å². The van der Waals surface area contributed by atoms with Gasteiger partial charge in [-0.3, -0.25) is 4.79 Å². The van der Waals surface area contributed by atoms with Crippen LogP contribution in [-0.2, 0) is 4.79 Å². The molecule has 0 atom stereocenters. The molecule has 0 spiro atoms. The van der Waals surface area contributed by atoms with Gasteiger partial charge >= 0.3 is 0 Å². The van der Waals surface area contributed by atoms with Crippen LogP contribution < -0.4 is 5.43 Å². The second kappa shape index (κ2) is 3.88. The van der Waals surface area contributed by atoms with Crippen molar-refractivity contribution in [3.63, 3.8) is 0 Å². The lowest BCUT2D eigenvalue weighted by atomic mass is 10.5. The normalized spacial score (nSPS) is 10.3. The first-order valence-electron chi connectivity index (χ1n) is 3.12. The molecule has 58 valence electrons. The quantitative estimate of drug-likeness (QED) is 0.523. The Balaban J connectivity index is 2.43. The Hall–Kier alpha value is -1.16. The molecular formula is C7H8N2OS. The molecule has 11 heavy (non-hydrogen) atoms. The molecular weight excluding hydrogens is 160 g/mol. The summed E-state index contributed by atoms with van der Waals surface area (Å²) in [7, 11) is 0. The van der Waals surface area contributed by atoms with Crippen molar-refractivity contribution in [1.82, 2.24) is 5.43 Å². The molecule has 0 radical (unpaired) electrons. The van der Waals surface area contributed by atoms with Gasteiger partial charge in [-0.05, 0) is 11.4 Å². The van der Waals surface area contributed by atoms with E-state index < -0.39 is 0 Å². The van der Waals surface area contributed by atoms with Crippen LogP contribution in [-0.4, -0.2) is 12.1 Å². The minimum absolute atomic E-state index is 0.155. The van der Waals surface area contributed by atoms with Crippen molar-refractivity contribution in [3.05, 3.63) is 22.4 Å². The van der Waals surface area contributed by atoms with Crippen LogP contribution in [0.2, 0.25) is 0 Å². The highest BCUT2D eigenvalue weighted by atomic mass is 32.1. The predicted octanol–water partition coefficient (Wildman–Crippen LogP) is 1.22. The second-order valence-corrected chi connectivity index (χ2v) is 2.92. The molecule has 1 aromatic rings. The van der Waals surface area contributed by atoms with Gasteiger partial charge in [-0.1, -0.05) is 6.07 Å². The fourth-order valence-corrected chi connectivity index (χ4v) is 1.14. The van der Waals surface area contributed by atoms with E-state index in [1.54, 1.807) is 17.6 Å². The number of rotatable bonds is 2. The molecule has 3 nitrogen and oxygen atoms in total. The molecule has 0 saturated heterocycles. The third-order valence-corrected chi connectivity index (χ3v) is 1.76. The van der Waals surface area contributed by atoms with Gasteiger partial charge in [0.15, 0.2) is 0 Å². The van der Waals surface area contributed by atoms with E-state index in [0.29, 0.717) is 0 Å². The molecule has 0 aromatic carbocycles. The summed E-state index contributed by atoms with van der Waals surface area (Å²) in [5, 5.41) is 5.65. The highest BCUT2D eigenvalue weighted by Crippen LogP contribution is 2.03. The molecule has 1 rings (SSSR count). The van der Waals surface area contributed by atoms with Crippen LogP contribution in [0.15, 0.2) is 22.6 Å². The van der Waals surface area contributed by atoms with Gasteiger partial charge in [0.1, 0.15) is 0 Å². The van der Waals surface area contributed by atoms with Crippen LogP contribution in [0.25, 0.3) is 0 Å². The molecule has 0 saturated carbocycles. The molecule has 1 amide bonds. The van der Waals surface area contributed by atoms with Gasteiger partial charge in [0.25, 0.3) is 0 Å². The van der Waals surface area contributed by atoms with E-state index >= 15 is 0 Å². The van der Waals surface area contributed by atoms with Crippen molar-refractivity contribution in [2.75, 3.05) is 0 Å². The highest BCUT2D eigenvalue weighted by molar-refractivity contribution is 7.11. The fraction of sp³-hybridized carbons (Fsp3) is 0.143. The Morgan fingerprint density at radius 1 is 1.82 bits per heavy atom. The standard InChI is InChI=1S/C7H8N2OS/c1-6(10)9-8-5-7-3-2-4-11-7/h2-5H,1H3,(H,9,10)/b8-5-. The number of thiophene rings is 1. The largest absolute Gasteiger partial charge is 0.274 e. The Kier molecular flexibility index (Phi) is 2.80. The van der Waals surface area contributed by atoms with E-state index in [1.807, 2.05) is 17.5 Å². The van der Waals surface area contributed by atoms with Crippen LogP contribution >= 0.6 is 11.3 Å². The highest BCUT2D eigenvalue weighted by Gasteiger charge is 1.86. The number of hydrazone groups is 1. The van der Waals surface area contributed by atoms with Crippen molar-refractivity contribution >= 4 is 23.5 Å². The van der Waals surface area contributed by atoms with Crippen molar-refractivity contribution in [2.45, 2.75) is 6.92 Å². The lowest BCUT2D eigenvalue weighted by Gasteiger charge is -1.87. The van der Waals surface area contributed by atoms with Crippen molar-refractivity contribution < 1.29 is 4.79 Å². The first kappa shape index (κ1) is 7.94. The van der Waals surface area contributed by atoms with Gasteiger partial charge in [-0.15, -0.1) is 11.3 Å². The summed E-state index contributed by atoms with van der Waals surface area (Å²) in [5.41, 5.74) is 2.32. The van der Waals surface area contributed by atoms with Crippen molar-refractivity contribution in [2.24, 2.45) is 5.10 Å². The maximum absolute atomic E-state index is 10.4. The predicted molar refractivity (Wildman–Crippen MR) is 45.7 cm³/mol. The molecule has 0 aliphatic heterocycles. The molecule has 0 aliphatic carbocycles. The zero-order chi connectivity index (χ0) is 8.10. The molecule has 0 bridgehead atoms. The number of carbonyl (C=O) groups is 1. The van der Waals surface area contributed by atoms with Crippen LogP contribution in [0.1, 0.15) is 11.8 Å². The molecule has 1 heterocycles. The number of nitrogens with one attached hydrogen (secondary N) is 1. The fourth-order valence-electron chi connectivity index (χ4n) is 0.552. The van der Waals surface area contributed by atoms with Crippen LogP contribution in [0.4, 0.5) is 0 Å². The maximum atomic E-state index is 10.4. The number of hydrogen-bond donors (Lipinski definition) is 1. The second-order valence-electron chi connectivity index (χ2n) is 1.94. The Labute approximate surface area is 68.7 Å². The third-order valence-electron chi connectivity index (χ3n) is 0.957. The van der Waals surface area contributed by atoms with Gasteiger partial charge in [-0.25, -0.2) is 5.43 Å². The van der Waals surface area contributed by atoms with Crippen molar-refractivity contribution in [1.29, 1.82) is 0 Å². The Bertz CT molecular complexity index is 253. The van der Waals surface area contributed by atoms with Crippen molar-refractivity contribution in [3.8, 4) is 0 Å². The molecule has 1 N–H and O–H groups in total. The zero-order valence-corrected chi connectivity index (χ0v) is 6.89. The van der Waals surface area contributed by atoms with E-state index in [4.69, 9.17) is 0 Å². The molecule has 0 fully saturated rings. The molecule has 0 unspecified atom stereocenters. The summed E-state index contributed by atoms with van der Waals surface area (Å²) in [6, 6.07) is 3.86. The third kappa shape index (κ3) is 2.95. The van der Waals surface area contributed by atoms with Gasteiger partial charge in [-0.2, -0.15) is 5.10 Å². The lowest BCUT2D eigenvalue weighted by Crippen LogP contribution is -2.11. The topological polar surface area (TPSA) is 41.5 Å². The summed E-state index contributed by atoms with van der Waals surface area (Å²) in [5.74, 6) is -0.155. The van der Waals surface area contributed by atoms with Gasteiger partial charge in [0.05, 0.1) is 6.21 Å². The van der Waals surface area contributed by atoms with Gasteiger partial charge in [0, 0.05) is 11.8 Å². The van der Waals surface area contributed by atoms with Crippen LogP contribution in [0, 0.1) is 0 Å². The Morgan fingerprint density at radius 3 is 3.18 bits per heavy atom. The maximum Gasteiger partial charge on any atom is 0.236 e. The summed E-state index contributed by atoms with van der Waals surface area (Å²) in [6.07, 6.45) is 1.62. The van der Waals surface area contributed by atoms with E-state index in [-0.39, 0.29) is 5.91 Å². The number of hydrogen-bond acceptors (Lipinski definition) is 3. The monoisotopic (exact) mass is 168 g/mol. The molecule has 1 aromatic heterocycles. The smallest absolute Gasteiger partial charge is 0.236 e. The minimum Gasteiger partial charge on any atom is -0.274 e. The zero-order valence-electron chi connectivity index (χ0n) is 6.07. The number of carbonyl (C=O) groups excluding carboxylic acids is 1. The van der Waals surface area contributed by atoms with Gasteiger partial charge in [0.2, 0.25) is 5.91 Å². The van der Waals surface area contributed by atoms with E-state index in [9.17, 15) is 4.79 Å². The number of amides is 1. The number of nitrogens with zero attached hydrogens (tertiary/aromatic N) is 1. The van der Waals surface area contributed by atoms with Crippen LogP contribution in [0.3, 0.4) is 0 Å². The minimum atomic E-state index is -0.155. The summed E-state index contributed by atoms with van der Waals surface area (Å²) in [4.78, 5) is 11.4. The molecule has 4 heteroatoms. The van der Waals surface area contributed by atoms with Crippen LogP contribution in [0.5, 0.6) is 0 Å². The molecule has 0 aliphatic rings. The van der Waals surface area contributed by atoms with E-state index in [2.05, 4.69) is 10.5 Å². The summed E-state index contributed by atoms with van der Waals surface area (Å²) in [6.45, 7) is 1.42. The summed E-state index contributed by atoms with van der Waals surface area (Å²) >= 11 is 1.57. The first-order valence-corrected chi connectivity index (χ1v) is 4.00. The lowest BCUT2D eigenvalue weighted by molar-refractivity contribution is -0.118. The van der Waals surface area contributed by atoms with Gasteiger partial charge < -0.3 is 0 Å². The average Bonchev–Trinajstić information content (AvgIpc) is 2.39. The average molecular weight is 168 g/mol. The summed E-state index contributed by atoms with van der Waals surface area (Å²) < 4.78 is 0. The van der Waals surface area contributed by atoms with E-state index in [0.717, 1.165) is 4.88 Å².